The Labute approximate surface area is 108 Å². The summed E-state index contributed by atoms with van der Waals surface area (Å²) in [6.45, 7) is 0. The zero-order valence-corrected chi connectivity index (χ0v) is 9.87. The van der Waals surface area contributed by atoms with Gasteiger partial charge in [0.05, 0.1) is 11.2 Å². The third kappa shape index (κ3) is 2.67. The smallest absolute Gasteiger partial charge is 0.192 e. The van der Waals surface area contributed by atoms with Crippen LogP contribution in [-0.4, -0.2) is 21.0 Å². The summed E-state index contributed by atoms with van der Waals surface area (Å²) in [7, 11) is 0. The highest BCUT2D eigenvalue weighted by Crippen LogP contribution is 2.24. The van der Waals surface area contributed by atoms with E-state index >= 15 is 0 Å². The Morgan fingerprint density at radius 2 is 2.28 bits per heavy atom. The molecule has 0 spiro atoms. The largest absolute Gasteiger partial charge is 0.453 e. The van der Waals surface area contributed by atoms with Crippen molar-refractivity contribution in [2.24, 2.45) is 10.9 Å². The minimum absolute atomic E-state index is 0.138. The lowest BCUT2D eigenvalue weighted by Gasteiger charge is -2.08. The molecule has 3 N–H and O–H groups in total. The van der Waals surface area contributed by atoms with E-state index in [4.69, 9.17) is 27.3 Å². The number of hydrogen-bond acceptors (Lipinski definition) is 5. The summed E-state index contributed by atoms with van der Waals surface area (Å²) in [5, 5.41) is 12.0. The van der Waals surface area contributed by atoms with Crippen molar-refractivity contribution in [2.45, 2.75) is 0 Å². The second kappa shape index (κ2) is 5.33. The van der Waals surface area contributed by atoms with E-state index in [1.54, 1.807) is 18.2 Å². The van der Waals surface area contributed by atoms with Gasteiger partial charge >= 0.3 is 0 Å². The molecule has 2 aromatic heterocycles. The van der Waals surface area contributed by atoms with E-state index < -0.39 is 0 Å². The topological polar surface area (TPSA) is 93.6 Å². The number of nitrogens with zero attached hydrogens (tertiary/aromatic N) is 3. The van der Waals surface area contributed by atoms with Gasteiger partial charge in [-0.15, -0.1) is 0 Å². The van der Waals surface area contributed by atoms with Crippen LogP contribution in [0.4, 0.5) is 0 Å². The van der Waals surface area contributed by atoms with Crippen molar-refractivity contribution < 1.29 is 9.94 Å². The van der Waals surface area contributed by atoms with Gasteiger partial charge in [0.15, 0.2) is 17.3 Å². The maximum Gasteiger partial charge on any atom is 0.192 e. The van der Waals surface area contributed by atoms with Crippen LogP contribution in [-0.2, 0) is 0 Å². The van der Waals surface area contributed by atoms with Crippen LogP contribution in [0.25, 0.3) is 0 Å². The third-order valence-electron chi connectivity index (χ3n) is 2.03. The summed E-state index contributed by atoms with van der Waals surface area (Å²) in [5.74, 6) is 0.639. The zero-order valence-electron chi connectivity index (χ0n) is 9.12. The number of nitrogens with two attached hydrogens (primary N) is 1. The molecule has 0 saturated heterocycles. The Morgan fingerprint density at radius 1 is 1.44 bits per heavy atom. The van der Waals surface area contributed by atoms with Crippen LogP contribution in [0.2, 0.25) is 5.02 Å². The summed E-state index contributed by atoms with van der Waals surface area (Å²) in [4.78, 5) is 7.86. The monoisotopic (exact) mass is 264 g/mol. The van der Waals surface area contributed by atoms with Crippen molar-refractivity contribution in [3.63, 3.8) is 0 Å². The standard InChI is InChI=1S/C11H9ClN4O2/c12-7-4-8(6-14-5-7)18-9-2-1-3-15-10(9)11(13)16-17/h1-6,17H,(H2,13,16). The second-order valence-corrected chi connectivity index (χ2v) is 3.71. The molecule has 0 radical (unpaired) electrons. The first-order valence-electron chi connectivity index (χ1n) is 4.92. The number of amidine groups is 1. The average molecular weight is 265 g/mol. The van der Waals surface area contributed by atoms with Crippen molar-refractivity contribution in [3.05, 3.63) is 47.5 Å². The molecular weight excluding hydrogens is 256 g/mol. The molecule has 0 aliphatic carbocycles. The molecule has 2 heterocycles. The predicted octanol–water partition coefficient (Wildman–Crippen LogP) is 2.02. The highest BCUT2D eigenvalue weighted by atomic mass is 35.5. The molecule has 0 aromatic carbocycles. The van der Waals surface area contributed by atoms with E-state index in [0.29, 0.717) is 16.5 Å². The van der Waals surface area contributed by atoms with E-state index in [0.717, 1.165) is 0 Å². The van der Waals surface area contributed by atoms with Gasteiger partial charge in [0.25, 0.3) is 0 Å². The normalized spacial score (nSPS) is 11.3. The Balaban J connectivity index is 2.35. The molecule has 0 bridgehead atoms. The summed E-state index contributed by atoms with van der Waals surface area (Å²) >= 11 is 5.79. The lowest BCUT2D eigenvalue weighted by Crippen LogP contribution is -2.15. The Hall–Kier alpha value is -2.34. The van der Waals surface area contributed by atoms with Crippen molar-refractivity contribution in [2.75, 3.05) is 0 Å². The van der Waals surface area contributed by atoms with Crippen molar-refractivity contribution >= 4 is 17.4 Å². The Morgan fingerprint density at radius 3 is 3.00 bits per heavy atom. The molecule has 6 nitrogen and oxygen atoms in total. The molecule has 7 heteroatoms. The fourth-order valence-corrected chi connectivity index (χ4v) is 1.45. The average Bonchev–Trinajstić information content (AvgIpc) is 2.38. The quantitative estimate of drug-likeness (QED) is 0.383. The van der Waals surface area contributed by atoms with Crippen LogP contribution in [0.15, 0.2) is 41.9 Å². The van der Waals surface area contributed by atoms with Gasteiger partial charge in [0, 0.05) is 18.5 Å². The number of pyridine rings is 2. The van der Waals surface area contributed by atoms with Crippen LogP contribution in [0.1, 0.15) is 5.69 Å². The van der Waals surface area contributed by atoms with Crippen LogP contribution >= 0.6 is 11.6 Å². The van der Waals surface area contributed by atoms with Gasteiger partial charge in [-0.1, -0.05) is 16.8 Å². The van der Waals surface area contributed by atoms with E-state index in [2.05, 4.69) is 15.1 Å². The molecule has 18 heavy (non-hydrogen) atoms. The molecule has 0 atom stereocenters. The van der Waals surface area contributed by atoms with Gasteiger partial charge in [0.1, 0.15) is 5.75 Å². The third-order valence-corrected chi connectivity index (χ3v) is 2.24. The molecule has 0 aliphatic rings. The summed E-state index contributed by atoms with van der Waals surface area (Å²) in [6, 6.07) is 4.90. The summed E-state index contributed by atoms with van der Waals surface area (Å²) in [5.41, 5.74) is 5.73. The molecule has 2 aromatic rings. The molecule has 0 aliphatic heterocycles. The number of oxime groups is 1. The van der Waals surface area contributed by atoms with Gasteiger partial charge in [-0.2, -0.15) is 0 Å². The van der Waals surface area contributed by atoms with E-state index in [-0.39, 0.29) is 11.5 Å². The lowest BCUT2D eigenvalue weighted by atomic mass is 10.3. The number of rotatable bonds is 3. The van der Waals surface area contributed by atoms with Crippen LogP contribution < -0.4 is 10.5 Å². The van der Waals surface area contributed by atoms with E-state index in [1.165, 1.54) is 18.6 Å². The molecule has 0 amide bonds. The number of hydrogen-bond donors (Lipinski definition) is 2. The minimum Gasteiger partial charge on any atom is -0.453 e. The predicted molar refractivity (Wildman–Crippen MR) is 66.1 cm³/mol. The maximum atomic E-state index is 8.66. The van der Waals surface area contributed by atoms with Crippen LogP contribution in [0.3, 0.4) is 0 Å². The number of ether oxygens (including phenoxy) is 1. The Kier molecular flexibility index (Phi) is 3.59. The minimum atomic E-state index is -0.138. The SMILES string of the molecule is N/C(=N/O)c1ncccc1Oc1cncc(Cl)c1. The van der Waals surface area contributed by atoms with Gasteiger partial charge < -0.3 is 15.7 Å². The van der Waals surface area contributed by atoms with Gasteiger partial charge in [0.2, 0.25) is 0 Å². The highest BCUT2D eigenvalue weighted by Gasteiger charge is 2.10. The van der Waals surface area contributed by atoms with Crippen molar-refractivity contribution in [1.82, 2.24) is 9.97 Å². The van der Waals surface area contributed by atoms with Gasteiger partial charge in [-0.05, 0) is 12.1 Å². The van der Waals surface area contributed by atoms with Crippen LogP contribution in [0, 0.1) is 0 Å². The lowest BCUT2D eigenvalue weighted by molar-refractivity contribution is 0.318. The number of aromatic nitrogens is 2. The van der Waals surface area contributed by atoms with E-state index in [1.807, 2.05) is 0 Å². The molecular formula is C11H9ClN4O2. The fourth-order valence-electron chi connectivity index (χ4n) is 1.29. The van der Waals surface area contributed by atoms with Gasteiger partial charge in [-0.25, -0.2) is 4.98 Å². The molecule has 92 valence electrons. The summed E-state index contributed by atoms with van der Waals surface area (Å²) < 4.78 is 5.53. The highest BCUT2D eigenvalue weighted by molar-refractivity contribution is 6.30. The maximum absolute atomic E-state index is 8.66. The first-order valence-corrected chi connectivity index (χ1v) is 5.30. The summed E-state index contributed by atoms with van der Waals surface area (Å²) in [6.07, 6.45) is 4.49. The molecule has 0 fully saturated rings. The fraction of sp³-hybridized carbons (Fsp3) is 0. The molecule has 0 unspecified atom stereocenters. The van der Waals surface area contributed by atoms with Crippen molar-refractivity contribution in [1.29, 1.82) is 0 Å². The van der Waals surface area contributed by atoms with E-state index in [9.17, 15) is 0 Å². The van der Waals surface area contributed by atoms with Gasteiger partial charge in [-0.3, -0.25) is 4.98 Å². The molecule has 0 saturated carbocycles. The Bertz CT molecular complexity index is 589. The first kappa shape index (κ1) is 12.1. The zero-order chi connectivity index (χ0) is 13.0. The first-order chi connectivity index (χ1) is 8.70. The second-order valence-electron chi connectivity index (χ2n) is 3.28. The van der Waals surface area contributed by atoms with Crippen molar-refractivity contribution in [3.8, 4) is 11.5 Å². The number of halogens is 1. The molecule has 2 rings (SSSR count). The van der Waals surface area contributed by atoms with Crippen LogP contribution in [0.5, 0.6) is 11.5 Å².